The van der Waals surface area contributed by atoms with E-state index in [0.29, 0.717) is 22.7 Å². The second-order valence-corrected chi connectivity index (χ2v) is 5.29. The number of hydrogen-bond acceptors (Lipinski definition) is 4. The van der Waals surface area contributed by atoms with E-state index in [1.165, 1.54) is 22.3 Å². The van der Waals surface area contributed by atoms with Crippen LogP contribution in [0.1, 0.15) is 21.1 Å². The quantitative estimate of drug-likeness (QED) is 0.917. The van der Waals surface area contributed by atoms with Gasteiger partial charge < -0.3 is 10.0 Å². The number of likely N-dealkylation sites (N-methyl/N-ethyl adjacent to an activating group) is 1. The van der Waals surface area contributed by atoms with Crippen LogP contribution in [0.4, 0.5) is 4.39 Å². The molecule has 1 N–H and O–H groups in total. The number of aliphatic hydroxyl groups excluding tert-OH is 1. The van der Waals surface area contributed by atoms with Gasteiger partial charge >= 0.3 is 0 Å². The number of aromatic nitrogens is 1. The van der Waals surface area contributed by atoms with Crippen molar-refractivity contribution in [2.75, 3.05) is 20.2 Å². The van der Waals surface area contributed by atoms with Gasteiger partial charge in [0.05, 0.1) is 11.6 Å². The Labute approximate surface area is 120 Å². The molecule has 2 aromatic rings. The van der Waals surface area contributed by atoms with E-state index >= 15 is 0 Å². The highest BCUT2D eigenvalue weighted by atomic mass is 32.1. The van der Waals surface area contributed by atoms with Crippen molar-refractivity contribution in [3.63, 3.8) is 0 Å². The summed E-state index contributed by atoms with van der Waals surface area (Å²) in [4.78, 5) is 17.6. The zero-order valence-corrected chi connectivity index (χ0v) is 11.9. The Kier molecular flexibility index (Phi) is 4.81. The number of halogens is 1. The summed E-state index contributed by atoms with van der Waals surface area (Å²) in [6.07, 6.45) is 0.369. The molecule has 1 amide bonds. The summed E-state index contributed by atoms with van der Waals surface area (Å²) < 4.78 is 13.5. The van der Waals surface area contributed by atoms with Crippen LogP contribution in [0.3, 0.4) is 0 Å². The molecular formula is C14H15FN2O2S. The molecule has 0 bridgehead atoms. The minimum Gasteiger partial charge on any atom is -0.395 e. The first kappa shape index (κ1) is 14.6. The average Bonchev–Trinajstić information content (AvgIpc) is 2.89. The number of thiazole rings is 1. The molecule has 4 nitrogen and oxygen atoms in total. The van der Waals surface area contributed by atoms with Crippen molar-refractivity contribution in [3.8, 4) is 0 Å². The zero-order chi connectivity index (χ0) is 14.5. The first-order valence-electron chi connectivity index (χ1n) is 6.16. The maximum atomic E-state index is 13.5. The molecule has 0 atom stereocenters. The van der Waals surface area contributed by atoms with Gasteiger partial charge in [0.15, 0.2) is 0 Å². The van der Waals surface area contributed by atoms with Gasteiger partial charge in [-0.15, -0.1) is 11.3 Å². The summed E-state index contributed by atoms with van der Waals surface area (Å²) >= 11 is 1.33. The van der Waals surface area contributed by atoms with Crippen molar-refractivity contribution >= 4 is 17.2 Å². The van der Waals surface area contributed by atoms with Crippen LogP contribution in [-0.2, 0) is 6.42 Å². The smallest absolute Gasteiger partial charge is 0.273 e. The maximum Gasteiger partial charge on any atom is 0.273 e. The number of aliphatic hydroxyl groups is 1. The molecule has 0 aliphatic heterocycles. The Morgan fingerprint density at radius 2 is 2.20 bits per heavy atom. The van der Waals surface area contributed by atoms with Gasteiger partial charge in [0.2, 0.25) is 0 Å². The fourth-order valence-corrected chi connectivity index (χ4v) is 2.53. The SMILES string of the molecule is CN(CCO)C(=O)c1csc(Cc2ccccc2F)n1. The molecule has 0 spiro atoms. The van der Waals surface area contributed by atoms with Gasteiger partial charge in [-0.1, -0.05) is 18.2 Å². The summed E-state index contributed by atoms with van der Waals surface area (Å²) in [5, 5.41) is 11.2. The van der Waals surface area contributed by atoms with Gasteiger partial charge in [0, 0.05) is 25.4 Å². The average molecular weight is 294 g/mol. The maximum absolute atomic E-state index is 13.5. The summed E-state index contributed by atoms with van der Waals surface area (Å²) in [5.74, 6) is -0.511. The Bertz CT molecular complexity index is 600. The summed E-state index contributed by atoms with van der Waals surface area (Å²) in [6, 6.07) is 6.52. The van der Waals surface area contributed by atoms with Crippen molar-refractivity contribution in [2.24, 2.45) is 0 Å². The second-order valence-electron chi connectivity index (χ2n) is 4.34. The van der Waals surface area contributed by atoms with Crippen LogP contribution in [0.2, 0.25) is 0 Å². The normalized spacial score (nSPS) is 10.6. The van der Waals surface area contributed by atoms with Crippen LogP contribution in [-0.4, -0.2) is 41.1 Å². The third kappa shape index (κ3) is 3.40. The van der Waals surface area contributed by atoms with Gasteiger partial charge in [-0.05, 0) is 11.6 Å². The lowest BCUT2D eigenvalue weighted by molar-refractivity contribution is 0.0762. The number of carbonyl (C=O) groups is 1. The Balaban J connectivity index is 2.10. The molecule has 0 unspecified atom stereocenters. The summed E-state index contributed by atoms with van der Waals surface area (Å²) in [5.41, 5.74) is 0.891. The number of rotatable bonds is 5. The lowest BCUT2D eigenvalue weighted by atomic mass is 10.1. The number of benzene rings is 1. The van der Waals surface area contributed by atoms with Crippen LogP contribution in [0, 0.1) is 5.82 Å². The topological polar surface area (TPSA) is 53.4 Å². The predicted octanol–water partition coefficient (Wildman–Crippen LogP) is 1.94. The molecule has 1 aromatic carbocycles. The van der Waals surface area contributed by atoms with E-state index in [1.807, 2.05) is 0 Å². The van der Waals surface area contributed by atoms with E-state index in [-0.39, 0.29) is 24.9 Å². The van der Waals surface area contributed by atoms with E-state index < -0.39 is 0 Å². The summed E-state index contributed by atoms with van der Waals surface area (Å²) in [7, 11) is 1.61. The van der Waals surface area contributed by atoms with Crippen LogP contribution >= 0.6 is 11.3 Å². The number of hydrogen-bond donors (Lipinski definition) is 1. The lowest BCUT2D eigenvalue weighted by Crippen LogP contribution is -2.29. The third-order valence-electron chi connectivity index (χ3n) is 2.85. The molecule has 0 aliphatic carbocycles. The molecule has 0 fully saturated rings. The highest BCUT2D eigenvalue weighted by Crippen LogP contribution is 2.17. The number of carbonyl (C=O) groups excluding carboxylic acids is 1. The van der Waals surface area contributed by atoms with Gasteiger partial charge in [0.25, 0.3) is 5.91 Å². The highest BCUT2D eigenvalue weighted by Gasteiger charge is 2.15. The predicted molar refractivity (Wildman–Crippen MR) is 75.4 cm³/mol. The fourth-order valence-electron chi connectivity index (χ4n) is 1.74. The third-order valence-corrected chi connectivity index (χ3v) is 3.70. The number of nitrogens with zero attached hydrogens (tertiary/aromatic N) is 2. The Hall–Kier alpha value is -1.79. The Morgan fingerprint density at radius 3 is 2.90 bits per heavy atom. The van der Waals surface area contributed by atoms with Crippen molar-refractivity contribution in [1.82, 2.24) is 9.88 Å². The first-order chi connectivity index (χ1) is 9.61. The first-order valence-corrected chi connectivity index (χ1v) is 7.04. The fraction of sp³-hybridized carbons (Fsp3) is 0.286. The van der Waals surface area contributed by atoms with Crippen LogP contribution in [0.5, 0.6) is 0 Å². The number of amides is 1. The van der Waals surface area contributed by atoms with Crippen molar-refractivity contribution in [3.05, 3.63) is 51.7 Å². The molecule has 106 valence electrons. The molecule has 0 saturated carbocycles. The molecule has 0 radical (unpaired) electrons. The minimum absolute atomic E-state index is 0.0888. The summed E-state index contributed by atoms with van der Waals surface area (Å²) in [6.45, 7) is 0.174. The zero-order valence-electron chi connectivity index (χ0n) is 11.0. The van der Waals surface area contributed by atoms with E-state index in [4.69, 9.17) is 5.11 Å². The van der Waals surface area contributed by atoms with Gasteiger partial charge in [-0.3, -0.25) is 4.79 Å². The molecule has 2 rings (SSSR count). The Morgan fingerprint density at radius 1 is 1.45 bits per heavy atom. The van der Waals surface area contributed by atoms with E-state index in [2.05, 4.69) is 4.98 Å². The molecule has 1 heterocycles. The van der Waals surface area contributed by atoms with Gasteiger partial charge in [0.1, 0.15) is 11.5 Å². The largest absolute Gasteiger partial charge is 0.395 e. The standard InChI is InChI=1S/C14H15FN2O2S/c1-17(6-7-18)14(19)12-9-20-13(16-12)8-10-4-2-3-5-11(10)15/h2-5,9,18H,6-8H2,1H3. The van der Waals surface area contributed by atoms with E-state index in [9.17, 15) is 9.18 Å². The molecule has 6 heteroatoms. The molecule has 1 aromatic heterocycles. The van der Waals surface area contributed by atoms with Crippen LogP contribution in [0.15, 0.2) is 29.6 Å². The van der Waals surface area contributed by atoms with Crippen molar-refractivity contribution in [1.29, 1.82) is 0 Å². The van der Waals surface area contributed by atoms with Gasteiger partial charge in [-0.2, -0.15) is 0 Å². The lowest BCUT2D eigenvalue weighted by Gasteiger charge is -2.13. The van der Waals surface area contributed by atoms with E-state index in [1.54, 1.807) is 30.6 Å². The van der Waals surface area contributed by atoms with Crippen molar-refractivity contribution < 1.29 is 14.3 Å². The highest BCUT2D eigenvalue weighted by molar-refractivity contribution is 7.09. The molecular weight excluding hydrogens is 279 g/mol. The molecule has 0 aliphatic rings. The van der Waals surface area contributed by atoms with Crippen molar-refractivity contribution in [2.45, 2.75) is 6.42 Å². The van der Waals surface area contributed by atoms with Gasteiger partial charge in [-0.25, -0.2) is 9.37 Å². The van der Waals surface area contributed by atoms with E-state index in [0.717, 1.165) is 0 Å². The minimum atomic E-state index is -0.270. The monoisotopic (exact) mass is 294 g/mol. The van der Waals surface area contributed by atoms with Crippen LogP contribution in [0.25, 0.3) is 0 Å². The molecule has 0 saturated heterocycles. The molecule has 20 heavy (non-hydrogen) atoms. The second kappa shape index (κ2) is 6.58. The van der Waals surface area contributed by atoms with Crippen LogP contribution < -0.4 is 0 Å².